The second-order valence-corrected chi connectivity index (χ2v) is 5.02. The fourth-order valence-electron chi connectivity index (χ4n) is 2.61. The number of aryl methyl sites for hydroxylation is 1. The number of rotatable bonds is 2. The van der Waals surface area contributed by atoms with E-state index in [4.69, 9.17) is 4.42 Å². The molecule has 0 unspecified atom stereocenters. The van der Waals surface area contributed by atoms with Crippen LogP contribution in [0.15, 0.2) is 22.6 Å². The van der Waals surface area contributed by atoms with E-state index in [2.05, 4.69) is 10.3 Å². The first kappa shape index (κ1) is 12.9. The molecule has 1 aliphatic heterocycles. The predicted molar refractivity (Wildman–Crippen MR) is 74.6 cm³/mol. The van der Waals surface area contributed by atoms with Crippen molar-refractivity contribution in [1.29, 1.82) is 0 Å². The summed E-state index contributed by atoms with van der Waals surface area (Å²) in [6.07, 6.45) is 1.78. The second-order valence-electron chi connectivity index (χ2n) is 5.02. The van der Waals surface area contributed by atoms with Crippen molar-refractivity contribution >= 4 is 22.8 Å². The highest BCUT2D eigenvalue weighted by molar-refractivity contribution is 5.91. The quantitative estimate of drug-likeness (QED) is 0.880. The first-order valence-electron chi connectivity index (χ1n) is 6.73. The molecule has 3 rings (SSSR count). The van der Waals surface area contributed by atoms with Crippen LogP contribution in [0.25, 0.3) is 11.1 Å². The number of nitrogens with one attached hydrogen (secondary N) is 1. The van der Waals surface area contributed by atoms with E-state index in [0.29, 0.717) is 23.7 Å². The van der Waals surface area contributed by atoms with Gasteiger partial charge in [0.2, 0.25) is 0 Å². The van der Waals surface area contributed by atoms with Gasteiger partial charge in [-0.05, 0) is 25.0 Å². The molecule has 0 radical (unpaired) electrons. The van der Waals surface area contributed by atoms with Crippen molar-refractivity contribution in [3.63, 3.8) is 0 Å². The Bertz CT molecular complexity index is 638. The summed E-state index contributed by atoms with van der Waals surface area (Å²) < 4.78 is 5.44. The fourth-order valence-corrected chi connectivity index (χ4v) is 2.61. The summed E-state index contributed by atoms with van der Waals surface area (Å²) in [5.74, 6) is 0.600. The molecule has 2 aromatic rings. The maximum absolute atomic E-state index is 12.2. The highest BCUT2D eigenvalue weighted by Crippen LogP contribution is 2.22. The maximum atomic E-state index is 12.2. The molecule has 1 fully saturated rings. The largest absolute Gasteiger partial charge is 0.441 e. The molecule has 2 heterocycles. The van der Waals surface area contributed by atoms with E-state index in [-0.39, 0.29) is 18.7 Å². The van der Waals surface area contributed by atoms with E-state index < -0.39 is 0 Å². The van der Waals surface area contributed by atoms with Crippen molar-refractivity contribution in [3.8, 4) is 0 Å². The normalized spacial score (nSPS) is 18.7. The molecule has 20 heavy (non-hydrogen) atoms. The molecule has 0 saturated carbocycles. The number of fused-ring (bicyclic) bond motifs is 1. The van der Waals surface area contributed by atoms with E-state index in [1.54, 1.807) is 24.0 Å². The van der Waals surface area contributed by atoms with Crippen molar-refractivity contribution < 1.29 is 14.3 Å². The van der Waals surface area contributed by atoms with Crippen LogP contribution in [0.3, 0.4) is 0 Å². The summed E-state index contributed by atoms with van der Waals surface area (Å²) >= 11 is 0. The SMILES string of the molecule is Cc1nc2ccc(NC(=O)N3CCC[C@H]3CO)cc2o1. The number of aromatic nitrogens is 1. The molecule has 1 atom stereocenters. The molecule has 106 valence electrons. The van der Waals surface area contributed by atoms with E-state index in [0.717, 1.165) is 18.4 Å². The zero-order chi connectivity index (χ0) is 14.1. The Kier molecular flexibility index (Phi) is 3.31. The topological polar surface area (TPSA) is 78.6 Å². The van der Waals surface area contributed by atoms with Crippen LogP contribution in [0.2, 0.25) is 0 Å². The van der Waals surface area contributed by atoms with Crippen molar-refractivity contribution in [3.05, 3.63) is 24.1 Å². The van der Waals surface area contributed by atoms with Gasteiger partial charge >= 0.3 is 6.03 Å². The summed E-state index contributed by atoms with van der Waals surface area (Å²) in [5, 5.41) is 12.1. The number of hydrogen-bond donors (Lipinski definition) is 2. The van der Waals surface area contributed by atoms with Crippen LogP contribution < -0.4 is 5.32 Å². The summed E-state index contributed by atoms with van der Waals surface area (Å²) in [5.41, 5.74) is 2.09. The Morgan fingerprint density at radius 1 is 1.60 bits per heavy atom. The number of amides is 2. The lowest BCUT2D eigenvalue weighted by Gasteiger charge is -2.23. The number of benzene rings is 1. The average Bonchev–Trinajstić information content (AvgIpc) is 3.02. The Balaban J connectivity index is 1.76. The molecule has 6 nitrogen and oxygen atoms in total. The lowest BCUT2D eigenvalue weighted by atomic mass is 10.2. The number of carbonyl (C=O) groups is 1. The van der Waals surface area contributed by atoms with E-state index in [1.165, 1.54) is 0 Å². The van der Waals surface area contributed by atoms with Crippen LogP contribution >= 0.6 is 0 Å². The zero-order valence-electron chi connectivity index (χ0n) is 11.3. The van der Waals surface area contributed by atoms with Crippen LogP contribution in [0.4, 0.5) is 10.5 Å². The van der Waals surface area contributed by atoms with Gasteiger partial charge < -0.3 is 19.7 Å². The molecule has 0 spiro atoms. The van der Waals surface area contributed by atoms with Gasteiger partial charge in [-0.1, -0.05) is 0 Å². The minimum Gasteiger partial charge on any atom is -0.441 e. The predicted octanol–water partition coefficient (Wildman–Crippen LogP) is 2.12. The molecule has 6 heteroatoms. The lowest BCUT2D eigenvalue weighted by Crippen LogP contribution is -2.40. The Morgan fingerprint density at radius 3 is 3.25 bits per heavy atom. The van der Waals surface area contributed by atoms with E-state index >= 15 is 0 Å². The number of likely N-dealkylation sites (tertiary alicyclic amines) is 1. The van der Waals surface area contributed by atoms with Gasteiger partial charge in [0, 0.05) is 25.2 Å². The third-order valence-electron chi connectivity index (χ3n) is 3.60. The van der Waals surface area contributed by atoms with Crippen molar-refractivity contribution in [2.45, 2.75) is 25.8 Å². The third kappa shape index (κ3) is 2.34. The van der Waals surface area contributed by atoms with E-state index in [1.807, 2.05) is 6.07 Å². The summed E-state index contributed by atoms with van der Waals surface area (Å²) in [4.78, 5) is 18.1. The molecule has 1 aliphatic rings. The van der Waals surface area contributed by atoms with Gasteiger partial charge in [-0.3, -0.25) is 0 Å². The summed E-state index contributed by atoms with van der Waals surface area (Å²) in [6.45, 7) is 2.48. The van der Waals surface area contributed by atoms with Gasteiger partial charge in [-0.2, -0.15) is 0 Å². The Hall–Kier alpha value is -2.08. The van der Waals surface area contributed by atoms with Crippen LogP contribution in [0.1, 0.15) is 18.7 Å². The first-order valence-corrected chi connectivity index (χ1v) is 6.73. The molecule has 2 amide bonds. The molecule has 2 N–H and O–H groups in total. The van der Waals surface area contributed by atoms with Crippen LogP contribution in [0.5, 0.6) is 0 Å². The molecule has 0 aliphatic carbocycles. The molecular formula is C14H17N3O3. The number of aliphatic hydroxyl groups excluding tert-OH is 1. The molecule has 1 saturated heterocycles. The number of oxazole rings is 1. The minimum atomic E-state index is -0.183. The first-order chi connectivity index (χ1) is 9.67. The molecular weight excluding hydrogens is 258 g/mol. The monoisotopic (exact) mass is 275 g/mol. The highest BCUT2D eigenvalue weighted by atomic mass is 16.3. The maximum Gasteiger partial charge on any atom is 0.322 e. The van der Waals surface area contributed by atoms with Gasteiger partial charge in [0.1, 0.15) is 5.52 Å². The number of aliphatic hydroxyl groups is 1. The molecule has 1 aromatic heterocycles. The lowest BCUT2D eigenvalue weighted by molar-refractivity contribution is 0.166. The van der Waals surface area contributed by atoms with Crippen LogP contribution in [0, 0.1) is 6.92 Å². The van der Waals surface area contributed by atoms with Crippen molar-refractivity contribution in [2.24, 2.45) is 0 Å². The average molecular weight is 275 g/mol. The van der Waals surface area contributed by atoms with Gasteiger partial charge in [0.15, 0.2) is 11.5 Å². The minimum absolute atomic E-state index is 0.00769. The highest BCUT2D eigenvalue weighted by Gasteiger charge is 2.28. The van der Waals surface area contributed by atoms with Gasteiger partial charge in [-0.25, -0.2) is 9.78 Å². The van der Waals surface area contributed by atoms with Gasteiger partial charge in [0.05, 0.1) is 12.6 Å². The van der Waals surface area contributed by atoms with Crippen molar-refractivity contribution in [1.82, 2.24) is 9.88 Å². The number of carbonyl (C=O) groups excluding carboxylic acids is 1. The smallest absolute Gasteiger partial charge is 0.322 e. The second kappa shape index (κ2) is 5.13. The third-order valence-corrected chi connectivity index (χ3v) is 3.60. The molecule has 1 aromatic carbocycles. The van der Waals surface area contributed by atoms with Crippen LogP contribution in [-0.4, -0.2) is 40.2 Å². The summed E-state index contributed by atoms with van der Waals surface area (Å²) in [7, 11) is 0. The number of anilines is 1. The van der Waals surface area contributed by atoms with E-state index in [9.17, 15) is 9.90 Å². The fraction of sp³-hybridized carbons (Fsp3) is 0.429. The zero-order valence-corrected chi connectivity index (χ0v) is 11.3. The van der Waals surface area contributed by atoms with Gasteiger partial charge in [-0.15, -0.1) is 0 Å². The Morgan fingerprint density at radius 2 is 2.45 bits per heavy atom. The Labute approximate surface area is 116 Å². The van der Waals surface area contributed by atoms with Gasteiger partial charge in [0.25, 0.3) is 0 Å². The number of nitrogens with zero attached hydrogens (tertiary/aromatic N) is 2. The molecule has 0 bridgehead atoms. The van der Waals surface area contributed by atoms with Crippen LogP contribution in [-0.2, 0) is 0 Å². The summed E-state index contributed by atoms with van der Waals surface area (Å²) in [6, 6.07) is 5.11. The number of urea groups is 1. The standard InChI is InChI=1S/C14H17N3O3/c1-9-15-12-5-4-10(7-13(12)20-9)16-14(19)17-6-2-3-11(17)8-18/h4-5,7,11,18H,2-3,6,8H2,1H3,(H,16,19)/t11-/m0/s1. The van der Waals surface area contributed by atoms with Crippen molar-refractivity contribution in [2.75, 3.05) is 18.5 Å². The number of hydrogen-bond acceptors (Lipinski definition) is 4.